The fourth-order valence-electron chi connectivity index (χ4n) is 3.80. The molecule has 0 saturated heterocycles. The number of fused-ring (bicyclic) bond motifs is 5. The number of methoxy groups -OCH3 is 2. The fourth-order valence-corrected chi connectivity index (χ4v) is 6.00. The summed E-state index contributed by atoms with van der Waals surface area (Å²) in [4.78, 5) is -2.10. The highest BCUT2D eigenvalue weighted by atomic mass is 35.5. The van der Waals surface area contributed by atoms with Gasteiger partial charge in [0.05, 0.1) is 10.1 Å². The highest BCUT2D eigenvalue weighted by Gasteiger charge is 2.84. The molecular formula is C12H12Cl4O2. The minimum atomic E-state index is -1.24. The van der Waals surface area contributed by atoms with Gasteiger partial charge in [-0.05, 0) is 6.42 Å². The van der Waals surface area contributed by atoms with Crippen molar-refractivity contribution in [2.75, 3.05) is 14.2 Å². The van der Waals surface area contributed by atoms with Gasteiger partial charge in [0.15, 0.2) is 0 Å². The standard InChI is InChI=1S/C12H12Cl4O2/c1-17-12(18-2)10(15)6-4-3-5-7(6)11(12,16)9(14)8(10)13/h3-4,6-7H,5H2,1-2H3/t6-,7+,10+,11-/m0/s1. The molecule has 100 valence electrons. The van der Waals surface area contributed by atoms with Gasteiger partial charge in [-0.15, -0.1) is 23.2 Å². The summed E-state index contributed by atoms with van der Waals surface area (Å²) < 4.78 is 11.2. The molecule has 0 aromatic rings. The maximum atomic E-state index is 6.81. The van der Waals surface area contributed by atoms with E-state index in [0.29, 0.717) is 10.1 Å². The SMILES string of the molecule is COC1(OC)[C@@]2(Cl)C(Cl)=C(Cl)[C@]1(Cl)[C@H]1C=CC[C@H]12. The second kappa shape index (κ2) is 3.81. The van der Waals surface area contributed by atoms with Gasteiger partial charge in [-0.25, -0.2) is 0 Å². The molecule has 0 N–H and O–H groups in total. The van der Waals surface area contributed by atoms with E-state index in [2.05, 4.69) is 6.08 Å². The Morgan fingerprint density at radius 1 is 1.11 bits per heavy atom. The Balaban J connectivity index is 2.32. The molecule has 0 aromatic heterocycles. The molecule has 0 radical (unpaired) electrons. The Bertz CT molecular complexity index is 471. The van der Waals surface area contributed by atoms with Crippen molar-refractivity contribution < 1.29 is 9.47 Å². The third-order valence-corrected chi connectivity index (χ3v) is 7.17. The lowest BCUT2D eigenvalue weighted by atomic mass is 9.84. The van der Waals surface area contributed by atoms with E-state index < -0.39 is 15.5 Å². The summed E-state index contributed by atoms with van der Waals surface area (Å²) in [6.45, 7) is 0. The second-order valence-electron chi connectivity index (χ2n) is 4.87. The average molecular weight is 330 g/mol. The van der Waals surface area contributed by atoms with Crippen LogP contribution in [0.5, 0.6) is 0 Å². The van der Waals surface area contributed by atoms with Crippen LogP contribution in [-0.4, -0.2) is 29.8 Å². The van der Waals surface area contributed by atoms with Crippen molar-refractivity contribution in [1.82, 2.24) is 0 Å². The van der Waals surface area contributed by atoms with Crippen molar-refractivity contribution in [3.63, 3.8) is 0 Å². The summed E-state index contributed by atoms with van der Waals surface area (Å²) in [6, 6.07) is 0. The predicted octanol–water partition coefficient (Wildman–Crippen LogP) is 3.84. The fraction of sp³-hybridized carbons (Fsp3) is 0.667. The van der Waals surface area contributed by atoms with Crippen LogP contribution in [0.3, 0.4) is 0 Å². The van der Waals surface area contributed by atoms with Crippen LogP contribution in [0.15, 0.2) is 22.2 Å². The average Bonchev–Trinajstić information content (AvgIpc) is 2.94. The van der Waals surface area contributed by atoms with E-state index in [1.54, 1.807) is 0 Å². The summed E-state index contributed by atoms with van der Waals surface area (Å²) in [6.07, 6.45) is 4.87. The number of rotatable bonds is 2. The predicted molar refractivity (Wildman–Crippen MR) is 73.4 cm³/mol. The van der Waals surface area contributed by atoms with Crippen molar-refractivity contribution in [1.29, 1.82) is 0 Å². The van der Waals surface area contributed by atoms with Gasteiger partial charge in [0.2, 0.25) is 5.79 Å². The Morgan fingerprint density at radius 2 is 1.67 bits per heavy atom. The number of hydrogen-bond acceptors (Lipinski definition) is 2. The number of ether oxygens (including phenoxy) is 2. The molecule has 0 aliphatic heterocycles. The monoisotopic (exact) mass is 328 g/mol. The van der Waals surface area contributed by atoms with Crippen LogP contribution in [0, 0.1) is 11.8 Å². The van der Waals surface area contributed by atoms with Crippen LogP contribution in [0.1, 0.15) is 6.42 Å². The van der Waals surface area contributed by atoms with Crippen molar-refractivity contribution in [2.45, 2.75) is 22.0 Å². The van der Waals surface area contributed by atoms with Gasteiger partial charge < -0.3 is 9.47 Å². The first-order chi connectivity index (χ1) is 8.41. The molecule has 0 heterocycles. The Kier molecular flexibility index (Phi) is 2.86. The minimum absolute atomic E-state index is 0.0339. The summed E-state index contributed by atoms with van der Waals surface area (Å²) in [7, 11) is 3.03. The van der Waals surface area contributed by atoms with E-state index >= 15 is 0 Å². The first kappa shape index (κ1) is 13.5. The van der Waals surface area contributed by atoms with Crippen molar-refractivity contribution in [3.8, 4) is 0 Å². The number of alkyl halides is 2. The zero-order chi connectivity index (χ0) is 13.3. The summed E-state index contributed by atoms with van der Waals surface area (Å²) in [5.41, 5.74) is 0. The highest BCUT2D eigenvalue weighted by molar-refractivity contribution is 6.52. The minimum Gasteiger partial charge on any atom is -0.350 e. The molecule has 0 spiro atoms. The molecule has 2 nitrogen and oxygen atoms in total. The van der Waals surface area contributed by atoms with Crippen LogP contribution in [-0.2, 0) is 9.47 Å². The van der Waals surface area contributed by atoms with Crippen LogP contribution in [0.25, 0.3) is 0 Å². The maximum absolute atomic E-state index is 6.81. The number of allylic oxidation sites excluding steroid dienone is 2. The lowest BCUT2D eigenvalue weighted by Gasteiger charge is -2.41. The second-order valence-corrected chi connectivity index (χ2v) is 6.82. The van der Waals surface area contributed by atoms with Crippen LogP contribution >= 0.6 is 46.4 Å². The molecule has 1 saturated carbocycles. The van der Waals surface area contributed by atoms with Crippen molar-refractivity contribution in [3.05, 3.63) is 22.2 Å². The van der Waals surface area contributed by atoms with E-state index in [9.17, 15) is 0 Å². The van der Waals surface area contributed by atoms with Gasteiger partial charge >= 0.3 is 0 Å². The Morgan fingerprint density at radius 3 is 2.22 bits per heavy atom. The normalized spacial score (nSPS) is 48.1. The van der Waals surface area contributed by atoms with Crippen molar-refractivity contribution >= 4 is 46.4 Å². The first-order valence-corrected chi connectivity index (χ1v) is 7.14. The summed E-state index contributed by atoms with van der Waals surface area (Å²) in [5, 5.41) is 0.673. The largest absolute Gasteiger partial charge is 0.350 e. The number of halogens is 4. The van der Waals surface area contributed by atoms with Gasteiger partial charge in [0.25, 0.3) is 0 Å². The van der Waals surface area contributed by atoms with E-state index in [-0.39, 0.29) is 11.8 Å². The van der Waals surface area contributed by atoms with Gasteiger partial charge in [-0.2, -0.15) is 0 Å². The Hall–Kier alpha value is 0.560. The molecule has 0 aromatic carbocycles. The lowest BCUT2D eigenvalue weighted by Crippen LogP contribution is -2.57. The van der Waals surface area contributed by atoms with E-state index in [1.807, 2.05) is 6.08 Å². The third-order valence-electron chi connectivity index (χ3n) is 4.50. The zero-order valence-corrected chi connectivity index (χ0v) is 12.9. The third kappa shape index (κ3) is 1.02. The molecule has 3 rings (SSSR count). The smallest absolute Gasteiger partial charge is 0.218 e. The Labute approximate surface area is 126 Å². The van der Waals surface area contributed by atoms with E-state index in [4.69, 9.17) is 55.9 Å². The molecule has 1 fully saturated rings. The molecule has 3 aliphatic rings. The summed E-state index contributed by atoms with van der Waals surface area (Å²) in [5.74, 6) is -1.24. The van der Waals surface area contributed by atoms with Crippen molar-refractivity contribution in [2.24, 2.45) is 11.8 Å². The zero-order valence-electron chi connectivity index (χ0n) is 9.84. The summed E-state index contributed by atoms with van der Waals surface area (Å²) >= 11 is 26.3. The number of hydrogen-bond donors (Lipinski definition) is 0. The van der Waals surface area contributed by atoms with Gasteiger partial charge in [-0.1, -0.05) is 35.4 Å². The van der Waals surface area contributed by atoms with Gasteiger partial charge in [-0.3, -0.25) is 0 Å². The van der Waals surface area contributed by atoms with Crippen LogP contribution in [0.2, 0.25) is 0 Å². The molecule has 0 amide bonds. The molecule has 3 aliphatic carbocycles. The molecule has 2 bridgehead atoms. The van der Waals surface area contributed by atoms with Crippen LogP contribution in [0.4, 0.5) is 0 Å². The quantitative estimate of drug-likeness (QED) is 0.435. The van der Waals surface area contributed by atoms with E-state index in [0.717, 1.165) is 6.42 Å². The molecule has 4 atom stereocenters. The molecule has 18 heavy (non-hydrogen) atoms. The van der Waals surface area contributed by atoms with Gasteiger partial charge in [0.1, 0.15) is 9.75 Å². The van der Waals surface area contributed by atoms with Crippen LogP contribution < -0.4 is 0 Å². The molecule has 0 unspecified atom stereocenters. The first-order valence-electron chi connectivity index (χ1n) is 5.62. The maximum Gasteiger partial charge on any atom is 0.218 e. The topological polar surface area (TPSA) is 18.5 Å². The molecular weight excluding hydrogens is 318 g/mol. The van der Waals surface area contributed by atoms with E-state index in [1.165, 1.54) is 14.2 Å². The molecule has 6 heteroatoms. The lowest BCUT2D eigenvalue weighted by molar-refractivity contribution is -0.220. The van der Waals surface area contributed by atoms with Gasteiger partial charge in [0, 0.05) is 26.1 Å². The highest BCUT2D eigenvalue weighted by Crippen LogP contribution is 2.75.